The molecule has 2 rings (SSSR count). The normalized spacial score (nSPS) is 19.5. The second-order valence-corrected chi connectivity index (χ2v) is 7.16. The predicted molar refractivity (Wildman–Crippen MR) is 71.0 cm³/mol. The maximum atomic E-state index is 12.1. The maximum Gasteiger partial charge on any atom is 0.243 e. The van der Waals surface area contributed by atoms with Crippen LogP contribution in [0.25, 0.3) is 0 Å². The quantitative estimate of drug-likeness (QED) is 0.832. The van der Waals surface area contributed by atoms with Crippen molar-refractivity contribution in [3.8, 4) is 0 Å². The van der Waals surface area contributed by atoms with E-state index in [2.05, 4.69) is 9.82 Å². The Labute approximate surface area is 113 Å². The molecule has 0 atom stereocenters. The van der Waals surface area contributed by atoms with E-state index in [-0.39, 0.29) is 16.9 Å². The number of hydrogen-bond acceptors (Lipinski definition) is 4. The summed E-state index contributed by atoms with van der Waals surface area (Å²) in [5.41, 5.74) is -0.298. The minimum atomic E-state index is -3.53. The highest BCUT2D eigenvalue weighted by Crippen LogP contribution is 2.35. The van der Waals surface area contributed by atoms with Gasteiger partial charge < -0.3 is 5.11 Å². The number of nitrogens with one attached hydrogen (secondary N) is 1. The molecule has 6 nitrogen and oxygen atoms in total. The Morgan fingerprint density at radius 1 is 1.42 bits per heavy atom. The van der Waals surface area contributed by atoms with Crippen LogP contribution in [0.1, 0.15) is 32.1 Å². The third kappa shape index (κ3) is 3.34. The van der Waals surface area contributed by atoms with E-state index >= 15 is 0 Å². The molecule has 0 unspecified atom stereocenters. The van der Waals surface area contributed by atoms with Crippen molar-refractivity contribution in [1.82, 2.24) is 14.5 Å². The van der Waals surface area contributed by atoms with Gasteiger partial charge in [-0.3, -0.25) is 4.68 Å². The van der Waals surface area contributed by atoms with Gasteiger partial charge in [-0.1, -0.05) is 19.3 Å². The zero-order chi connectivity index (χ0) is 13.9. The van der Waals surface area contributed by atoms with Gasteiger partial charge in [-0.25, -0.2) is 13.1 Å². The number of aryl methyl sites for hydroxylation is 1. The summed E-state index contributed by atoms with van der Waals surface area (Å²) in [4.78, 5) is 0.166. The lowest BCUT2D eigenvalue weighted by atomic mass is 9.75. The van der Waals surface area contributed by atoms with Crippen LogP contribution in [-0.2, 0) is 17.1 Å². The molecular weight excluding hydrogens is 266 g/mol. The predicted octanol–water partition coefficient (Wildman–Crippen LogP) is 0.641. The third-order valence-corrected chi connectivity index (χ3v) is 5.23. The fourth-order valence-corrected chi connectivity index (χ4v) is 3.70. The Bertz CT molecular complexity index is 518. The summed E-state index contributed by atoms with van der Waals surface area (Å²) in [6.45, 7) is 0.323. The van der Waals surface area contributed by atoms with Gasteiger partial charge in [0, 0.05) is 31.8 Å². The van der Waals surface area contributed by atoms with Crippen molar-refractivity contribution in [2.45, 2.75) is 37.0 Å². The lowest BCUT2D eigenvalue weighted by Crippen LogP contribution is -2.41. The van der Waals surface area contributed by atoms with Gasteiger partial charge in [-0.2, -0.15) is 5.10 Å². The van der Waals surface area contributed by atoms with E-state index in [1.54, 1.807) is 7.05 Å². The van der Waals surface area contributed by atoms with E-state index in [1.165, 1.54) is 17.1 Å². The average molecular weight is 287 g/mol. The first-order valence-corrected chi connectivity index (χ1v) is 8.05. The fraction of sp³-hybridized carbons (Fsp3) is 0.750. The van der Waals surface area contributed by atoms with Gasteiger partial charge in [-0.05, 0) is 12.8 Å². The first kappa shape index (κ1) is 14.5. The molecule has 1 fully saturated rings. The molecule has 0 saturated heterocycles. The molecule has 19 heavy (non-hydrogen) atoms. The number of aromatic nitrogens is 2. The molecule has 1 aliphatic carbocycles. The molecule has 7 heteroatoms. The molecule has 0 radical (unpaired) electrons. The highest BCUT2D eigenvalue weighted by Gasteiger charge is 2.33. The second kappa shape index (κ2) is 5.60. The Kier molecular flexibility index (Phi) is 4.27. The smallest absolute Gasteiger partial charge is 0.243 e. The Balaban J connectivity index is 2.04. The van der Waals surface area contributed by atoms with Crippen molar-refractivity contribution in [3.05, 3.63) is 12.4 Å². The molecule has 0 spiro atoms. The number of hydrogen-bond donors (Lipinski definition) is 2. The molecule has 2 N–H and O–H groups in total. The molecule has 1 aromatic rings. The maximum absolute atomic E-state index is 12.1. The molecule has 1 heterocycles. The molecule has 0 aromatic carbocycles. The lowest BCUT2D eigenvalue weighted by Gasteiger charge is -2.35. The summed E-state index contributed by atoms with van der Waals surface area (Å²) in [5, 5.41) is 13.4. The van der Waals surface area contributed by atoms with E-state index < -0.39 is 10.0 Å². The van der Waals surface area contributed by atoms with Crippen LogP contribution in [0.3, 0.4) is 0 Å². The fourth-order valence-electron chi connectivity index (χ4n) is 2.56. The summed E-state index contributed by atoms with van der Waals surface area (Å²) in [7, 11) is -1.86. The second-order valence-electron chi connectivity index (χ2n) is 5.39. The summed E-state index contributed by atoms with van der Waals surface area (Å²) < 4.78 is 28.3. The van der Waals surface area contributed by atoms with Crippen molar-refractivity contribution >= 4 is 10.0 Å². The molecule has 0 bridgehead atoms. The first-order valence-electron chi connectivity index (χ1n) is 6.57. The Morgan fingerprint density at radius 3 is 2.63 bits per heavy atom. The highest BCUT2D eigenvalue weighted by molar-refractivity contribution is 7.89. The van der Waals surface area contributed by atoms with Crippen molar-refractivity contribution in [1.29, 1.82) is 0 Å². The summed E-state index contributed by atoms with van der Waals surface area (Å²) >= 11 is 0. The Hall–Kier alpha value is -0.920. The standard InChI is InChI=1S/C12H21N3O3S/c1-15-8-11(7-13-15)19(17,18)14-9-12(10-16)5-3-2-4-6-12/h7-8,14,16H,2-6,9-10H2,1H3. The van der Waals surface area contributed by atoms with Crippen LogP contribution in [0.2, 0.25) is 0 Å². The number of nitrogens with zero attached hydrogens (tertiary/aromatic N) is 2. The minimum absolute atomic E-state index is 0.0303. The summed E-state index contributed by atoms with van der Waals surface area (Å²) in [6, 6.07) is 0. The van der Waals surface area contributed by atoms with Gasteiger partial charge >= 0.3 is 0 Å². The number of aliphatic hydroxyl groups excluding tert-OH is 1. The van der Waals surface area contributed by atoms with E-state index in [0.29, 0.717) is 6.54 Å². The van der Waals surface area contributed by atoms with Gasteiger partial charge in [0.05, 0.1) is 6.20 Å². The van der Waals surface area contributed by atoms with Crippen LogP contribution in [-0.4, -0.2) is 36.5 Å². The van der Waals surface area contributed by atoms with Gasteiger partial charge in [0.2, 0.25) is 10.0 Å². The molecule has 1 saturated carbocycles. The summed E-state index contributed by atoms with van der Waals surface area (Å²) in [6.07, 6.45) is 7.81. The van der Waals surface area contributed by atoms with Crippen LogP contribution < -0.4 is 4.72 Å². The van der Waals surface area contributed by atoms with Crippen molar-refractivity contribution in [3.63, 3.8) is 0 Å². The SMILES string of the molecule is Cn1cc(S(=O)(=O)NCC2(CO)CCCCC2)cn1. The number of aliphatic hydroxyl groups is 1. The van der Waals surface area contributed by atoms with Crippen LogP contribution in [0.4, 0.5) is 0 Å². The van der Waals surface area contributed by atoms with E-state index in [4.69, 9.17) is 0 Å². The number of sulfonamides is 1. The zero-order valence-corrected chi connectivity index (χ0v) is 12.0. The van der Waals surface area contributed by atoms with E-state index in [9.17, 15) is 13.5 Å². The van der Waals surface area contributed by atoms with Crippen molar-refractivity contribution in [2.75, 3.05) is 13.2 Å². The highest BCUT2D eigenvalue weighted by atomic mass is 32.2. The van der Waals surface area contributed by atoms with Gasteiger partial charge in [-0.15, -0.1) is 0 Å². The van der Waals surface area contributed by atoms with Crippen LogP contribution in [0, 0.1) is 5.41 Å². The van der Waals surface area contributed by atoms with Gasteiger partial charge in [0.25, 0.3) is 0 Å². The Morgan fingerprint density at radius 2 is 2.11 bits per heavy atom. The monoisotopic (exact) mass is 287 g/mol. The van der Waals surface area contributed by atoms with Crippen LogP contribution in [0.15, 0.2) is 17.3 Å². The number of rotatable bonds is 5. The van der Waals surface area contributed by atoms with E-state index in [1.807, 2.05) is 0 Å². The largest absolute Gasteiger partial charge is 0.396 e. The average Bonchev–Trinajstić information content (AvgIpc) is 2.85. The molecule has 1 aliphatic rings. The van der Waals surface area contributed by atoms with Crippen LogP contribution >= 0.6 is 0 Å². The van der Waals surface area contributed by atoms with Gasteiger partial charge in [0.1, 0.15) is 4.90 Å². The molecular formula is C12H21N3O3S. The van der Waals surface area contributed by atoms with E-state index in [0.717, 1.165) is 32.1 Å². The van der Waals surface area contributed by atoms with Crippen molar-refractivity contribution in [2.24, 2.45) is 12.5 Å². The molecule has 0 aliphatic heterocycles. The lowest BCUT2D eigenvalue weighted by molar-refractivity contribution is 0.0867. The third-order valence-electron chi connectivity index (χ3n) is 3.88. The molecule has 108 valence electrons. The molecule has 1 aromatic heterocycles. The van der Waals surface area contributed by atoms with Crippen LogP contribution in [0.5, 0.6) is 0 Å². The zero-order valence-electron chi connectivity index (χ0n) is 11.2. The topological polar surface area (TPSA) is 84.2 Å². The first-order chi connectivity index (χ1) is 8.97. The summed E-state index contributed by atoms with van der Waals surface area (Å²) in [5.74, 6) is 0. The van der Waals surface area contributed by atoms with Gasteiger partial charge in [0.15, 0.2) is 0 Å². The minimum Gasteiger partial charge on any atom is -0.396 e. The molecule has 0 amide bonds. The van der Waals surface area contributed by atoms with Crippen molar-refractivity contribution < 1.29 is 13.5 Å².